The Kier molecular flexibility index (Phi) is 4.21. The normalized spacial score (nSPS) is 27.6. The van der Waals surface area contributed by atoms with Crippen LogP contribution >= 0.6 is 0 Å². The van der Waals surface area contributed by atoms with Gasteiger partial charge in [-0.25, -0.2) is 0 Å². The lowest BCUT2D eigenvalue weighted by Gasteiger charge is -2.21. The molecule has 0 aromatic rings. The van der Waals surface area contributed by atoms with Crippen LogP contribution in [0.2, 0.25) is 0 Å². The summed E-state index contributed by atoms with van der Waals surface area (Å²) >= 11 is 0. The highest BCUT2D eigenvalue weighted by Gasteiger charge is 2.17. The fourth-order valence-corrected chi connectivity index (χ4v) is 2.74. The van der Waals surface area contributed by atoms with Crippen LogP contribution in [-0.4, -0.2) is 0 Å². The van der Waals surface area contributed by atoms with E-state index in [1.807, 2.05) is 0 Å². The molecule has 0 aromatic heterocycles. The summed E-state index contributed by atoms with van der Waals surface area (Å²) in [5.74, 6) is 0.692. The molecule has 1 atom stereocenters. The Morgan fingerprint density at radius 2 is 1.88 bits per heavy atom. The molecule has 0 fully saturated rings. The molecule has 0 heterocycles. The average Bonchev–Trinajstić information content (AvgIpc) is 2.75. The van der Waals surface area contributed by atoms with Gasteiger partial charge >= 0.3 is 0 Å². The van der Waals surface area contributed by atoms with Gasteiger partial charge < -0.3 is 0 Å². The Balaban J connectivity index is 2.12. The third-order valence-electron chi connectivity index (χ3n) is 3.64. The molecule has 86 valence electrons. The Morgan fingerprint density at radius 1 is 1.06 bits per heavy atom. The molecule has 0 heteroatoms. The van der Waals surface area contributed by atoms with E-state index >= 15 is 0 Å². The highest BCUT2D eigenvalue weighted by atomic mass is 14.2. The lowest BCUT2D eigenvalue weighted by atomic mass is 9.84. The summed E-state index contributed by atoms with van der Waals surface area (Å²) in [6.45, 7) is 2.31. The van der Waals surface area contributed by atoms with Crippen LogP contribution in [0.4, 0.5) is 0 Å². The summed E-state index contributed by atoms with van der Waals surface area (Å²) < 4.78 is 0. The molecule has 0 bridgehead atoms. The minimum atomic E-state index is 0.692. The first-order valence-electron chi connectivity index (χ1n) is 6.63. The van der Waals surface area contributed by atoms with Crippen molar-refractivity contribution in [2.75, 3.05) is 0 Å². The highest BCUT2D eigenvalue weighted by Crippen LogP contribution is 2.32. The standard InChI is InChI=1S/C16H22/c1-2-16(15-12-8-9-13-15)14-10-6-4-3-5-7-11-14/h4,6,8-10,12,16H,2-3,5,7,11,13H2,1H3/b6-4-,14-10+. The van der Waals surface area contributed by atoms with Gasteiger partial charge in [-0.3, -0.25) is 0 Å². The maximum atomic E-state index is 2.37. The molecule has 0 saturated carbocycles. The van der Waals surface area contributed by atoms with E-state index in [1.54, 1.807) is 11.1 Å². The number of hydrogen-bond acceptors (Lipinski definition) is 0. The maximum Gasteiger partial charge on any atom is 0.00137 e. The van der Waals surface area contributed by atoms with Crippen LogP contribution in [0.5, 0.6) is 0 Å². The second-order valence-electron chi connectivity index (χ2n) is 4.75. The van der Waals surface area contributed by atoms with E-state index in [0.29, 0.717) is 5.92 Å². The van der Waals surface area contributed by atoms with E-state index < -0.39 is 0 Å². The van der Waals surface area contributed by atoms with Gasteiger partial charge in [0.1, 0.15) is 0 Å². The van der Waals surface area contributed by atoms with E-state index in [-0.39, 0.29) is 0 Å². The van der Waals surface area contributed by atoms with Crippen molar-refractivity contribution in [3.8, 4) is 0 Å². The first kappa shape index (κ1) is 11.4. The molecule has 0 spiro atoms. The van der Waals surface area contributed by atoms with Crippen LogP contribution in [-0.2, 0) is 0 Å². The quantitative estimate of drug-likeness (QED) is 0.623. The maximum absolute atomic E-state index is 2.37. The van der Waals surface area contributed by atoms with Gasteiger partial charge in [-0.1, -0.05) is 54.5 Å². The summed E-state index contributed by atoms with van der Waals surface area (Å²) in [4.78, 5) is 0. The van der Waals surface area contributed by atoms with E-state index in [4.69, 9.17) is 0 Å². The number of allylic oxidation sites excluding steroid dienone is 8. The summed E-state index contributed by atoms with van der Waals surface area (Å²) in [6.07, 6.45) is 21.4. The molecule has 0 radical (unpaired) electrons. The Labute approximate surface area is 99.4 Å². The Bertz CT molecular complexity index is 339. The molecule has 0 nitrogen and oxygen atoms in total. The van der Waals surface area contributed by atoms with Gasteiger partial charge in [0.2, 0.25) is 0 Å². The van der Waals surface area contributed by atoms with Crippen molar-refractivity contribution in [1.82, 2.24) is 0 Å². The third-order valence-corrected chi connectivity index (χ3v) is 3.64. The minimum Gasteiger partial charge on any atom is -0.0845 e. The molecule has 0 saturated heterocycles. The minimum absolute atomic E-state index is 0.692. The van der Waals surface area contributed by atoms with Crippen molar-refractivity contribution in [3.63, 3.8) is 0 Å². The molecule has 16 heavy (non-hydrogen) atoms. The van der Waals surface area contributed by atoms with Crippen molar-refractivity contribution in [3.05, 3.63) is 47.6 Å². The van der Waals surface area contributed by atoms with Crippen molar-refractivity contribution in [1.29, 1.82) is 0 Å². The fourth-order valence-electron chi connectivity index (χ4n) is 2.74. The van der Waals surface area contributed by atoms with Crippen molar-refractivity contribution in [2.45, 2.75) is 45.4 Å². The predicted molar refractivity (Wildman–Crippen MR) is 71.3 cm³/mol. The first-order chi connectivity index (χ1) is 7.92. The summed E-state index contributed by atoms with van der Waals surface area (Å²) in [6, 6.07) is 0. The Hall–Kier alpha value is -1.04. The van der Waals surface area contributed by atoms with Gasteiger partial charge in [-0.2, -0.15) is 0 Å². The topological polar surface area (TPSA) is 0 Å². The van der Waals surface area contributed by atoms with E-state index in [2.05, 4.69) is 43.4 Å². The second-order valence-corrected chi connectivity index (χ2v) is 4.75. The van der Waals surface area contributed by atoms with E-state index in [1.165, 1.54) is 38.5 Å². The SMILES string of the molecule is CCC(C1=CC=CC1)/C1=C/C=C\CCCC1. The van der Waals surface area contributed by atoms with E-state index in [0.717, 1.165) is 0 Å². The predicted octanol–water partition coefficient (Wildman–Crippen LogP) is 4.96. The van der Waals surface area contributed by atoms with Crippen LogP contribution < -0.4 is 0 Å². The molecule has 1 unspecified atom stereocenters. The van der Waals surface area contributed by atoms with Crippen LogP contribution in [0.15, 0.2) is 47.6 Å². The van der Waals surface area contributed by atoms with Gasteiger partial charge in [0.25, 0.3) is 0 Å². The zero-order valence-corrected chi connectivity index (χ0v) is 10.3. The summed E-state index contributed by atoms with van der Waals surface area (Å²) in [5, 5.41) is 0. The summed E-state index contributed by atoms with van der Waals surface area (Å²) in [7, 11) is 0. The first-order valence-corrected chi connectivity index (χ1v) is 6.63. The van der Waals surface area contributed by atoms with Gasteiger partial charge in [0.05, 0.1) is 0 Å². The Morgan fingerprint density at radius 3 is 2.62 bits per heavy atom. The largest absolute Gasteiger partial charge is 0.0845 e. The van der Waals surface area contributed by atoms with Crippen LogP contribution in [0.25, 0.3) is 0 Å². The van der Waals surface area contributed by atoms with Crippen LogP contribution in [0.1, 0.15) is 45.4 Å². The molecular formula is C16H22. The van der Waals surface area contributed by atoms with Gasteiger partial charge in [0, 0.05) is 5.92 Å². The lowest BCUT2D eigenvalue weighted by molar-refractivity contribution is 0.612. The van der Waals surface area contributed by atoms with Crippen molar-refractivity contribution < 1.29 is 0 Å². The van der Waals surface area contributed by atoms with Gasteiger partial charge in [-0.05, 0) is 38.5 Å². The molecular weight excluding hydrogens is 192 g/mol. The molecule has 0 amide bonds. The van der Waals surface area contributed by atoms with Gasteiger partial charge in [-0.15, -0.1) is 0 Å². The molecule has 0 aliphatic heterocycles. The van der Waals surface area contributed by atoms with E-state index in [9.17, 15) is 0 Å². The smallest absolute Gasteiger partial charge is 0.00137 e. The van der Waals surface area contributed by atoms with Crippen LogP contribution in [0, 0.1) is 5.92 Å². The molecule has 2 rings (SSSR count). The molecule has 0 N–H and O–H groups in total. The number of hydrogen-bond donors (Lipinski definition) is 0. The zero-order valence-electron chi connectivity index (χ0n) is 10.3. The van der Waals surface area contributed by atoms with Crippen LogP contribution in [0.3, 0.4) is 0 Å². The third kappa shape index (κ3) is 2.75. The van der Waals surface area contributed by atoms with Gasteiger partial charge in [0.15, 0.2) is 0 Å². The average molecular weight is 214 g/mol. The lowest BCUT2D eigenvalue weighted by Crippen LogP contribution is -2.06. The second kappa shape index (κ2) is 5.89. The molecule has 2 aliphatic rings. The number of rotatable bonds is 3. The molecule has 2 aliphatic carbocycles. The summed E-state index contributed by atoms with van der Waals surface area (Å²) in [5.41, 5.74) is 3.26. The monoisotopic (exact) mass is 214 g/mol. The van der Waals surface area contributed by atoms with Crippen molar-refractivity contribution >= 4 is 0 Å². The molecule has 0 aromatic carbocycles. The highest BCUT2D eigenvalue weighted by molar-refractivity contribution is 5.32. The fraction of sp³-hybridized carbons (Fsp3) is 0.500. The van der Waals surface area contributed by atoms with Crippen molar-refractivity contribution in [2.24, 2.45) is 5.92 Å². The zero-order chi connectivity index (χ0) is 11.2.